The molecule has 0 unspecified atom stereocenters. The fourth-order valence-corrected chi connectivity index (χ4v) is 2.65. The molecule has 0 aromatic heterocycles. The zero-order chi connectivity index (χ0) is 17.8. The molecule has 3 amide bonds. The largest absolute Gasteiger partial charge is 0.288 e. The summed E-state index contributed by atoms with van der Waals surface area (Å²) in [4.78, 5) is 37.2. The smallest absolute Gasteiger partial charge is 0.274 e. The highest BCUT2D eigenvalue weighted by molar-refractivity contribution is 6.15. The molecule has 0 aliphatic carbocycles. The molecule has 0 saturated carbocycles. The SMILES string of the molecule is O=C(NO)c1ccc(CN2C(=O)C/C(=C\c3ccccc3)C2=O)cc1. The molecule has 1 aliphatic heterocycles. The van der Waals surface area contributed by atoms with E-state index in [-0.39, 0.29) is 30.3 Å². The van der Waals surface area contributed by atoms with Crippen LogP contribution in [0.1, 0.15) is 27.9 Å². The topological polar surface area (TPSA) is 86.7 Å². The number of nitrogens with one attached hydrogen (secondary N) is 1. The molecule has 6 nitrogen and oxygen atoms in total. The van der Waals surface area contributed by atoms with E-state index < -0.39 is 5.91 Å². The summed E-state index contributed by atoms with van der Waals surface area (Å²) in [6.07, 6.45) is 1.81. The van der Waals surface area contributed by atoms with E-state index in [0.29, 0.717) is 5.57 Å². The van der Waals surface area contributed by atoms with Crippen molar-refractivity contribution in [1.29, 1.82) is 0 Å². The molecule has 1 heterocycles. The molecule has 1 saturated heterocycles. The number of likely N-dealkylation sites (tertiary alicyclic amines) is 1. The maximum Gasteiger partial charge on any atom is 0.274 e. The van der Waals surface area contributed by atoms with Crippen LogP contribution in [-0.2, 0) is 16.1 Å². The second-order valence-electron chi connectivity index (χ2n) is 5.68. The van der Waals surface area contributed by atoms with E-state index in [1.54, 1.807) is 23.7 Å². The number of hydrogen-bond acceptors (Lipinski definition) is 4. The summed E-state index contributed by atoms with van der Waals surface area (Å²) in [5, 5.41) is 8.60. The van der Waals surface area contributed by atoms with Gasteiger partial charge in [-0.25, -0.2) is 5.48 Å². The van der Waals surface area contributed by atoms with Gasteiger partial charge in [0.1, 0.15) is 0 Å². The first kappa shape index (κ1) is 16.6. The minimum Gasteiger partial charge on any atom is -0.288 e. The summed E-state index contributed by atoms with van der Waals surface area (Å²) in [7, 11) is 0. The van der Waals surface area contributed by atoms with Crippen LogP contribution in [0.3, 0.4) is 0 Å². The Labute approximate surface area is 144 Å². The Bertz CT molecular complexity index is 841. The van der Waals surface area contributed by atoms with Crippen molar-refractivity contribution >= 4 is 23.8 Å². The lowest BCUT2D eigenvalue weighted by Crippen LogP contribution is -2.28. The highest BCUT2D eigenvalue weighted by Gasteiger charge is 2.33. The minimum absolute atomic E-state index is 0.0821. The summed E-state index contributed by atoms with van der Waals surface area (Å²) in [5.74, 6) is -1.16. The van der Waals surface area contributed by atoms with Gasteiger partial charge in [-0.3, -0.25) is 24.5 Å². The number of carbonyl (C=O) groups excluding carboxylic acids is 3. The molecule has 25 heavy (non-hydrogen) atoms. The van der Waals surface area contributed by atoms with E-state index in [1.807, 2.05) is 30.3 Å². The zero-order valence-electron chi connectivity index (χ0n) is 13.3. The Kier molecular flexibility index (Phi) is 4.72. The number of hydroxylamine groups is 1. The summed E-state index contributed by atoms with van der Waals surface area (Å²) in [6.45, 7) is 0.144. The van der Waals surface area contributed by atoms with Gasteiger partial charge in [-0.2, -0.15) is 0 Å². The number of imide groups is 1. The fraction of sp³-hybridized carbons (Fsp3) is 0.105. The summed E-state index contributed by atoms with van der Waals surface area (Å²) in [5.41, 5.74) is 3.90. The highest BCUT2D eigenvalue weighted by Crippen LogP contribution is 2.23. The number of nitrogens with zero attached hydrogens (tertiary/aromatic N) is 1. The molecule has 0 bridgehead atoms. The second-order valence-corrected chi connectivity index (χ2v) is 5.68. The van der Waals surface area contributed by atoms with Crippen molar-refractivity contribution in [3.05, 3.63) is 76.9 Å². The predicted molar refractivity (Wildman–Crippen MR) is 90.3 cm³/mol. The van der Waals surface area contributed by atoms with Gasteiger partial charge in [-0.1, -0.05) is 42.5 Å². The molecular weight excluding hydrogens is 320 g/mol. The average Bonchev–Trinajstić information content (AvgIpc) is 2.90. The molecule has 2 N–H and O–H groups in total. The van der Waals surface area contributed by atoms with Crippen molar-refractivity contribution in [2.75, 3.05) is 0 Å². The van der Waals surface area contributed by atoms with Crippen molar-refractivity contribution in [1.82, 2.24) is 10.4 Å². The van der Waals surface area contributed by atoms with Crippen LogP contribution in [0, 0.1) is 0 Å². The van der Waals surface area contributed by atoms with Crippen LogP contribution >= 0.6 is 0 Å². The standard InChI is InChI=1S/C19H16N2O4/c22-17-11-16(10-13-4-2-1-3-5-13)19(24)21(17)12-14-6-8-15(9-7-14)18(23)20-25/h1-10,25H,11-12H2,(H,20,23)/b16-10+. The molecule has 126 valence electrons. The van der Waals surface area contributed by atoms with Crippen LogP contribution in [0.15, 0.2) is 60.2 Å². The zero-order valence-corrected chi connectivity index (χ0v) is 13.3. The lowest BCUT2D eigenvalue weighted by molar-refractivity contribution is -0.138. The summed E-state index contributed by atoms with van der Waals surface area (Å²) in [6, 6.07) is 15.7. The van der Waals surface area contributed by atoms with Crippen molar-refractivity contribution in [2.24, 2.45) is 0 Å². The minimum atomic E-state index is -0.618. The van der Waals surface area contributed by atoms with Gasteiger partial charge in [0.25, 0.3) is 11.8 Å². The number of amides is 3. The average molecular weight is 336 g/mol. The van der Waals surface area contributed by atoms with E-state index in [1.165, 1.54) is 17.0 Å². The summed E-state index contributed by atoms with van der Waals surface area (Å²) < 4.78 is 0. The van der Waals surface area contributed by atoms with Crippen molar-refractivity contribution in [2.45, 2.75) is 13.0 Å². The second kappa shape index (κ2) is 7.11. The van der Waals surface area contributed by atoms with Crippen molar-refractivity contribution in [3.63, 3.8) is 0 Å². The molecule has 0 spiro atoms. The maximum absolute atomic E-state index is 12.5. The van der Waals surface area contributed by atoms with Crippen molar-refractivity contribution < 1.29 is 19.6 Å². The van der Waals surface area contributed by atoms with Crippen LogP contribution in [0.2, 0.25) is 0 Å². The van der Waals surface area contributed by atoms with Gasteiger partial charge in [0, 0.05) is 11.1 Å². The molecule has 0 radical (unpaired) electrons. The van der Waals surface area contributed by atoms with E-state index >= 15 is 0 Å². The van der Waals surface area contributed by atoms with Crippen LogP contribution in [0.4, 0.5) is 0 Å². The monoisotopic (exact) mass is 336 g/mol. The third-order valence-corrected chi connectivity index (χ3v) is 3.96. The number of carbonyl (C=O) groups is 3. The third kappa shape index (κ3) is 3.64. The number of benzene rings is 2. The van der Waals surface area contributed by atoms with Gasteiger partial charge in [-0.05, 0) is 29.3 Å². The van der Waals surface area contributed by atoms with Crippen LogP contribution in [-0.4, -0.2) is 27.8 Å². The van der Waals surface area contributed by atoms with Gasteiger partial charge in [0.05, 0.1) is 13.0 Å². The lowest BCUT2D eigenvalue weighted by atomic mass is 10.1. The normalized spacial score (nSPS) is 15.7. The molecular formula is C19H16N2O4. The van der Waals surface area contributed by atoms with Gasteiger partial charge >= 0.3 is 0 Å². The number of rotatable bonds is 4. The van der Waals surface area contributed by atoms with E-state index in [0.717, 1.165) is 11.1 Å². The molecule has 6 heteroatoms. The van der Waals surface area contributed by atoms with E-state index in [2.05, 4.69) is 0 Å². The Morgan fingerprint density at radius 1 is 1.08 bits per heavy atom. The quantitative estimate of drug-likeness (QED) is 0.388. The first-order valence-electron chi connectivity index (χ1n) is 7.72. The fourth-order valence-electron chi connectivity index (χ4n) is 2.65. The van der Waals surface area contributed by atoms with Crippen LogP contribution < -0.4 is 5.48 Å². The lowest BCUT2D eigenvalue weighted by Gasteiger charge is -2.13. The van der Waals surface area contributed by atoms with Gasteiger partial charge in [0.2, 0.25) is 5.91 Å². The Morgan fingerprint density at radius 3 is 2.40 bits per heavy atom. The first-order valence-corrected chi connectivity index (χ1v) is 7.72. The Hall–Kier alpha value is -3.25. The summed E-state index contributed by atoms with van der Waals surface area (Å²) >= 11 is 0. The third-order valence-electron chi connectivity index (χ3n) is 3.96. The Morgan fingerprint density at radius 2 is 1.76 bits per heavy atom. The van der Waals surface area contributed by atoms with Gasteiger partial charge in [-0.15, -0.1) is 0 Å². The van der Waals surface area contributed by atoms with E-state index in [9.17, 15) is 14.4 Å². The molecule has 2 aromatic rings. The highest BCUT2D eigenvalue weighted by atomic mass is 16.5. The molecule has 1 fully saturated rings. The van der Waals surface area contributed by atoms with Crippen molar-refractivity contribution in [3.8, 4) is 0 Å². The molecule has 3 rings (SSSR count). The van der Waals surface area contributed by atoms with Crippen LogP contribution in [0.5, 0.6) is 0 Å². The first-order chi connectivity index (χ1) is 12.1. The molecule has 0 atom stereocenters. The maximum atomic E-state index is 12.5. The molecule has 1 aliphatic rings. The molecule has 2 aromatic carbocycles. The Balaban J connectivity index is 1.75. The van der Waals surface area contributed by atoms with Gasteiger partial charge in [0.15, 0.2) is 0 Å². The van der Waals surface area contributed by atoms with Crippen LogP contribution in [0.25, 0.3) is 6.08 Å². The van der Waals surface area contributed by atoms with E-state index in [4.69, 9.17) is 5.21 Å². The predicted octanol–water partition coefficient (Wildman–Crippen LogP) is 2.15. The number of hydrogen-bond donors (Lipinski definition) is 2. The van der Waals surface area contributed by atoms with Gasteiger partial charge < -0.3 is 0 Å².